The number of aliphatic hydroxyl groups excluding tert-OH is 3. The van der Waals surface area contributed by atoms with Gasteiger partial charge in [-0.25, -0.2) is 0 Å². The largest absolute Gasteiger partial charge is 0.392 e. The quantitative estimate of drug-likeness (QED) is 0.514. The van der Waals surface area contributed by atoms with Crippen LogP contribution in [0, 0.1) is 16.7 Å². The molecule has 0 aromatic rings. The zero-order chi connectivity index (χ0) is 19.9. The molecule has 6 nitrogen and oxygen atoms in total. The van der Waals surface area contributed by atoms with E-state index in [4.69, 9.17) is 4.74 Å². The summed E-state index contributed by atoms with van der Waals surface area (Å²) in [6, 6.07) is 0. The number of fused-ring (bicyclic) bond motifs is 3. The third-order valence-corrected chi connectivity index (χ3v) is 7.76. The molecule has 1 aliphatic heterocycles. The van der Waals surface area contributed by atoms with Gasteiger partial charge in [-0.15, -0.1) is 6.58 Å². The minimum absolute atomic E-state index is 0.110. The van der Waals surface area contributed by atoms with Crippen LogP contribution in [0.1, 0.15) is 53.9 Å². The SMILES string of the molecule is C=C[C@]1(C)CC(=O)[C@@]2(O)[C@]3(C)[C@H](O)CCC(C)(C)[C@H]3[C@@H](O)[C@@H](O)[C@]2(C)O1. The molecule has 1 saturated heterocycles. The van der Waals surface area contributed by atoms with Gasteiger partial charge in [0.15, 0.2) is 11.4 Å². The van der Waals surface area contributed by atoms with Crippen molar-refractivity contribution in [1.82, 2.24) is 0 Å². The summed E-state index contributed by atoms with van der Waals surface area (Å²) < 4.78 is 6.09. The minimum atomic E-state index is -2.14. The molecular weight excluding hydrogens is 336 g/mol. The first-order valence-corrected chi connectivity index (χ1v) is 9.35. The average Bonchev–Trinajstić information content (AvgIpc) is 2.54. The predicted molar refractivity (Wildman–Crippen MR) is 95.3 cm³/mol. The third-order valence-electron chi connectivity index (χ3n) is 7.76. The van der Waals surface area contributed by atoms with Crippen molar-refractivity contribution in [3.05, 3.63) is 12.7 Å². The van der Waals surface area contributed by atoms with Gasteiger partial charge in [0.1, 0.15) is 11.7 Å². The van der Waals surface area contributed by atoms with Crippen LogP contribution in [0.3, 0.4) is 0 Å². The van der Waals surface area contributed by atoms with Crippen LogP contribution in [-0.2, 0) is 9.53 Å². The summed E-state index contributed by atoms with van der Waals surface area (Å²) in [6.07, 6.45) is -1.37. The lowest BCUT2D eigenvalue weighted by Crippen LogP contribution is -2.86. The molecule has 26 heavy (non-hydrogen) atoms. The first-order valence-electron chi connectivity index (χ1n) is 9.35. The number of ketones is 1. The highest BCUT2D eigenvalue weighted by molar-refractivity contribution is 5.92. The molecule has 1 heterocycles. The molecule has 8 atom stereocenters. The highest BCUT2D eigenvalue weighted by Crippen LogP contribution is 2.66. The Bertz CT molecular complexity index is 646. The Hall–Kier alpha value is -0.790. The van der Waals surface area contributed by atoms with E-state index in [0.717, 1.165) is 0 Å². The molecule has 3 aliphatic rings. The third kappa shape index (κ3) is 2.02. The molecule has 0 spiro atoms. The minimum Gasteiger partial charge on any atom is -0.392 e. The first-order chi connectivity index (χ1) is 11.7. The summed E-state index contributed by atoms with van der Waals surface area (Å²) in [7, 11) is 0. The lowest BCUT2D eigenvalue weighted by atomic mass is 9.40. The zero-order valence-corrected chi connectivity index (χ0v) is 16.3. The molecule has 0 aromatic heterocycles. The number of Topliss-reactive ketones (excluding diaryl/α,β-unsaturated/α-hetero) is 1. The highest BCUT2D eigenvalue weighted by Gasteiger charge is 2.80. The van der Waals surface area contributed by atoms with Crippen LogP contribution in [0.15, 0.2) is 12.7 Å². The van der Waals surface area contributed by atoms with Crippen molar-refractivity contribution in [2.75, 3.05) is 0 Å². The van der Waals surface area contributed by atoms with Crippen molar-refractivity contribution in [2.24, 2.45) is 16.7 Å². The number of ether oxygens (including phenoxy) is 1. The molecule has 2 aliphatic carbocycles. The van der Waals surface area contributed by atoms with Gasteiger partial charge < -0.3 is 25.2 Å². The Morgan fingerprint density at radius 3 is 2.27 bits per heavy atom. The fraction of sp³-hybridized carbons (Fsp3) is 0.850. The summed E-state index contributed by atoms with van der Waals surface area (Å²) in [5.74, 6) is -1.17. The van der Waals surface area contributed by atoms with Crippen LogP contribution in [0.5, 0.6) is 0 Å². The molecule has 3 fully saturated rings. The fourth-order valence-corrected chi connectivity index (χ4v) is 6.32. The number of carbonyl (C=O) groups excluding carboxylic acids is 1. The Morgan fingerprint density at radius 1 is 1.15 bits per heavy atom. The van der Waals surface area contributed by atoms with Crippen molar-refractivity contribution in [2.45, 2.75) is 89.0 Å². The maximum Gasteiger partial charge on any atom is 0.171 e. The second-order valence-electron chi connectivity index (χ2n) is 9.78. The molecule has 0 amide bonds. The summed E-state index contributed by atoms with van der Waals surface area (Å²) in [4.78, 5) is 13.3. The molecule has 148 valence electrons. The molecule has 0 radical (unpaired) electrons. The molecule has 2 saturated carbocycles. The van der Waals surface area contributed by atoms with E-state index < -0.39 is 57.6 Å². The van der Waals surface area contributed by atoms with Gasteiger partial charge in [-0.05, 0) is 32.1 Å². The standard InChI is InChI=1S/C20H32O6/c1-7-17(4)10-12(22)20(25)18(5)11(21)8-9-16(2,3)14(18)13(23)15(24)19(20,6)26-17/h7,11,13-15,21,23-25H,1,8-10H2,2-6H3/t11-,13-,14-,15-,17-,18-,19+,20-/m1/s1. The molecule has 0 unspecified atom stereocenters. The van der Waals surface area contributed by atoms with Crippen LogP contribution < -0.4 is 0 Å². The van der Waals surface area contributed by atoms with Crippen LogP contribution in [0.4, 0.5) is 0 Å². The summed E-state index contributed by atoms with van der Waals surface area (Å²) >= 11 is 0. The zero-order valence-electron chi connectivity index (χ0n) is 16.3. The number of hydrogen-bond acceptors (Lipinski definition) is 6. The van der Waals surface area contributed by atoms with E-state index in [-0.39, 0.29) is 6.42 Å². The van der Waals surface area contributed by atoms with Gasteiger partial charge >= 0.3 is 0 Å². The van der Waals surface area contributed by atoms with Gasteiger partial charge in [-0.2, -0.15) is 0 Å². The monoisotopic (exact) mass is 368 g/mol. The second-order valence-corrected chi connectivity index (χ2v) is 9.78. The van der Waals surface area contributed by atoms with Gasteiger partial charge in [0.25, 0.3) is 0 Å². The van der Waals surface area contributed by atoms with E-state index in [1.165, 1.54) is 13.0 Å². The van der Waals surface area contributed by atoms with E-state index in [1.807, 2.05) is 13.8 Å². The van der Waals surface area contributed by atoms with Crippen LogP contribution in [-0.4, -0.2) is 61.3 Å². The van der Waals surface area contributed by atoms with Gasteiger partial charge in [0.2, 0.25) is 0 Å². The van der Waals surface area contributed by atoms with Crippen molar-refractivity contribution < 1.29 is 30.0 Å². The van der Waals surface area contributed by atoms with Crippen molar-refractivity contribution in [3.63, 3.8) is 0 Å². The van der Waals surface area contributed by atoms with Crippen molar-refractivity contribution >= 4 is 5.78 Å². The molecular formula is C20H32O6. The lowest BCUT2D eigenvalue weighted by Gasteiger charge is -2.71. The van der Waals surface area contributed by atoms with Gasteiger partial charge in [-0.3, -0.25) is 4.79 Å². The fourth-order valence-electron chi connectivity index (χ4n) is 6.32. The Labute approximate surface area is 154 Å². The van der Waals surface area contributed by atoms with Gasteiger partial charge in [0, 0.05) is 17.8 Å². The summed E-state index contributed by atoms with van der Waals surface area (Å²) in [5, 5.41) is 44.9. The smallest absolute Gasteiger partial charge is 0.171 e. The van der Waals surface area contributed by atoms with Crippen molar-refractivity contribution in [1.29, 1.82) is 0 Å². The van der Waals surface area contributed by atoms with E-state index >= 15 is 0 Å². The van der Waals surface area contributed by atoms with E-state index in [0.29, 0.717) is 12.8 Å². The Balaban J connectivity index is 2.29. The highest BCUT2D eigenvalue weighted by atomic mass is 16.6. The molecule has 6 heteroatoms. The maximum atomic E-state index is 13.3. The molecule has 3 rings (SSSR count). The first kappa shape index (κ1) is 20.0. The normalized spacial score (nSPS) is 56.4. The van der Waals surface area contributed by atoms with Crippen LogP contribution >= 0.6 is 0 Å². The Kier molecular flexibility index (Phi) is 4.13. The van der Waals surface area contributed by atoms with Crippen LogP contribution in [0.25, 0.3) is 0 Å². The number of aliphatic hydroxyl groups is 4. The summed E-state index contributed by atoms with van der Waals surface area (Å²) in [6.45, 7) is 12.3. The predicted octanol–water partition coefficient (Wildman–Crippen LogP) is 0.949. The number of carbonyl (C=O) groups is 1. The van der Waals surface area contributed by atoms with E-state index in [1.54, 1.807) is 13.8 Å². The van der Waals surface area contributed by atoms with Crippen LogP contribution in [0.2, 0.25) is 0 Å². The Morgan fingerprint density at radius 2 is 1.73 bits per heavy atom. The summed E-state index contributed by atoms with van der Waals surface area (Å²) in [5.41, 5.74) is -6.82. The topological polar surface area (TPSA) is 107 Å². The van der Waals surface area contributed by atoms with Crippen molar-refractivity contribution in [3.8, 4) is 0 Å². The second kappa shape index (κ2) is 5.39. The van der Waals surface area contributed by atoms with Gasteiger partial charge in [0.05, 0.1) is 17.8 Å². The lowest BCUT2D eigenvalue weighted by molar-refractivity contribution is -0.370. The maximum absolute atomic E-state index is 13.3. The number of hydrogen-bond donors (Lipinski definition) is 4. The molecule has 4 N–H and O–H groups in total. The van der Waals surface area contributed by atoms with E-state index in [9.17, 15) is 25.2 Å². The van der Waals surface area contributed by atoms with E-state index in [2.05, 4.69) is 6.58 Å². The number of rotatable bonds is 1. The molecule has 0 aromatic carbocycles. The molecule has 0 bridgehead atoms. The van der Waals surface area contributed by atoms with Gasteiger partial charge in [-0.1, -0.05) is 26.8 Å². The average molecular weight is 368 g/mol.